The summed E-state index contributed by atoms with van der Waals surface area (Å²) in [6, 6.07) is 17.3. The van der Waals surface area contributed by atoms with Crippen LogP contribution in [0, 0.1) is 13.8 Å². The number of aromatic carboxylic acids is 1. The lowest BCUT2D eigenvalue weighted by Crippen LogP contribution is -2.20. The fourth-order valence-corrected chi connectivity index (χ4v) is 3.42. The Labute approximate surface area is 190 Å². The number of nitrogens with one attached hydrogen (secondary N) is 1. The van der Waals surface area contributed by atoms with Crippen molar-refractivity contribution >= 4 is 17.6 Å². The minimum Gasteiger partial charge on any atom is -0.478 e. The van der Waals surface area contributed by atoms with Gasteiger partial charge in [-0.2, -0.15) is 10.2 Å². The number of hydrogen-bond acceptors (Lipinski definition) is 5. The van der Waals surface area contributed by atoms with Crippen LogP contribution in [0.4, 0.5) is 5.69 Å². The van der Waals surface area contributed by atoms with Crippen LogP contribution in [0.5, 0.6) is 11.5 Å². The number of hydrogen-bond donors (Lipinski definition) is 2. The highest BCUT2D eigenvalue weighted by atomic mass is 16.5. The molecule has 4 aromatic rings. The highest BCUT2D eigenvalue weighted by Gasteiger charge is 2.16. The van der Waals surface area contributed by atoms with Gasteiger partial charge in [-0.05, 0) is 43.7 Å². The summed E-state index contributed by atoms with van der Waals surface area (Å²) >= 11 is 0. The third-order valence-electron chi connectivity index (χ3n) is 5.04. The summed E-state index contributed by atoms with van der Waals surface area (Å²) < 4.78 is 9.02. The fourth-order valence-electron chi connectivity index (χ4n) is 3.42. The lowest BCUT2D eigenvalue weighted by molar-refractivity contribution is -0.116. The molecule has 0 spiro atoms. The molecule has 0 unspecified atom stereocenters. The van der Waals surface area contributed by atoms with Crippen LogP contribution in [0.2, 0.25) is 0 Å². The summed E-state index contributed by atoms with van der Waals surface area (Å²) in [5.41, 5.74) is 3.15. The molecule has 0 saturated heterocycles. The van der Waals surface area contributed by atoms with Crippen LogP contribution in [-0.4, -0.2) is 36.5 Å². The molecule has 33 heavy (non-hydrogen) atoms. The summed E-state index contributed by atoms with van der Waals surface area (Å²) in [5, 5.41) is 20.3. The summed E-state index contributed by atoms with van der Waals surface area (Å²) in [4.78, 5) is 23.5. The molecule has 0 atom stereocenters. The normalized spacial score (nSPS) is 10.7. The van der Waals surface area contributed by atoms with Gasteiger partial charge >= 0.3 is 5.97 Å². The number of carboxylic acids is 1. The minimum absolute atomic E-state index is 0.0291. The third-order valence-corrected chi connectivity index (χ3v) is 5.04. The monoisotopic (exact) mass is 445 g/mol. The number of anilines is 1. The van der Waals surface area contributed by atoms with Gasteiger partial charge in [0.2, 0.25) is 5.91 Å². The Kier molecular flexibility index (Phi) is 6.21. The summed E-state index contributed by atoms with van der Waals surface area (Å²) in [5.74, 6) is 0.0824. The molecule has 2 aromatic heterocycles. The summed E-state index contributed by atoms with van der Waals surface area (Å²) in [6.45, 7) is 4.12. The maximum atomic E-state index is 12.5. The van der Waals surface area contributed by atoms with E-state index in [0.717, 1.165) is 22.8 Å². The number of para-hydroxylation sites is 1. The molecule has 9 nitrogen and oxygen atoms in total. The van der Waals surface area contributed by atoms with E-state index >= 15 is 0 Å². The second-order valence-corrected chi connectivity index (χ2v) is 7.55. The number of carbonyl (C=O) groups is 2. The lowest BCUT2D eigenvalue weighted by atomic mass is 10.2. The zero-order valence-corrected chi connectivity index (χ0v) is 18.2. The number of benzene rings is 2. The molecule has 0 aliphatic heterocycles. The molecule has 0 saturated carbocycles. The van der Waals surface area contributed by atoms with Crippen molar-refractivity contribution in [2.24, 2.45) is 0 Å². The van der Waals surface area contributed by atoms with E-state index in [4.69, 9.17) is 9.84 Å². The quantitative estimate of drug-likeness (QED) is 0.426. The Bertz CT molecular complexity index is 1290. The first-order valence-electron chi connectivity index (χ1n) is 10.3. The predicted octanol–water partition coefficient (Wildman–Crippen LogP) is 3.87. The van der Waals surface area contributed by atoms with Gasteiger partial charge in [0.1, 0.15) is 18.0 Å². The van der Waals surface area contributed by atoms with Gasteiger partial charge in [-0.1, -0.05) is 30.3 Å². The molecular formula is C24H23N5O4. The average Bonchev–Trinajstić information content (AvgIpc) is 3.35. The van der Waals surface area contributed by atoms with Crippen molar-refractivity contribution in [1.29, 1.82) is 0 Å². The van der Waals surface area contributed by atoms with E-state index in [1.165, 1.54) is 17.1 Å². The average molecular weight is 445 g/mol. The molecule has 168 valence electrons. The van der Waals surface area contributed by atoms with Crippen molar-refractivity contribution in [3.8, 4) is 11.5 Å². The zero-order valence-electron chi connectivity index (χ0n) is 18.2. The molecule has 2 aromatic carbocycles. The molecule has 2 N–H and O–H groups in total. The second kappa shape index (κ2) is 9.39. The van der Waals surface area contributed by atoms with E-state index in [2.05, 4.69) is 15.5 Å². The Morgan fingerprint density at radius 3 is 2.55 bits per heavy atom. The molecule has 0 fully saturated rings. The van der Waals surface area contributed by atoms with E-state index in [9.17, 15) is 9.59 Å². The number of aryl methyl sites for hydroxylation is 1. The highest BCUT2D eigenvalue weighted by molar-refractivity contribution is 5.92. The van der Waals surface area contributed by atoms with Gasteiger partial charge in [-0.15, -0.1) is 0 Å². The topological polar surface area (TPSA) is 111 Å². The van der Waals surface area contributed by atoms with Gasteiger partial charge in [-0.25, -0.2) is 4.79 Å². The number of ether oxygens (including phenoxy) is 1. The second-order valence-electron chi connectivity index (χ2n) is 7.55. The van der Waals surface area contributed by atoms with Crippen LogP contribution in [0.15, 0.2) is 67.0 Å². The van der Waals surface area contributed by atoms with Crippen molar-refractivity contribution in [2.45, 2.75) is 26.9 Å². The maximum Gasteiger partial charge on any atom is 0.338 e. The number of aromatic nitrogens is 4. The Morgan fingerprint density at radius 2 is 1.82 bits per heavy atom. The molecule has 9 heteroatoms. The standard InChI is InChI=1S/C24H23N5O4/c1-16-23(26-22(30)15-28-14-19(12-25-28)24(31)32)17(2)29(27-16)13-18-7-6-10-21(11-18)33-20-8-4-3-5-9-20/h3-12,14H,13,15H2,1-2H3,(H,26,30)(H,31,32). The van der Waals surface area contributed by atoms with Crippen LogP contribution in [0.1, 0.15) is 27.3 Å². The van der Waals surface area contributed by atoms with E-state index in [0.29, 0.717) is 17.9 Å². The third kappa shape index (κ3) is 5.27. The zero-order chi connectivity index (χ0) is 23.4. The minimum atomic E-state index is -1.09. The van der Waals surface area contributed by atoms with E-state index < -0.39 is 5.97 Å². The van der Waals surface area contributed by atoms with Crippen molar-refractivity contribution in [2.75, 3.05) is 5.32 Å². The molecule has 2 heterocycles. The SMILES string of the molecule is Cc1nn(Cc2cccc(Oc3ccccc3)c2)c(C)c1NC(=O)Cn1cc(C(=O)O)cn1. The molecule has 0 radical (unpaired) electrons. The van der Waals surface area contributed by atoms with Gasteiger partial charge in [0.25, 0.3) is 0 Å². The lowest BCUT2D eigenvalue weighted by Gasteiger charge is -2.10. The van der Waals surface area contributed by atoms with Crippen LogP contribution >= 0.6 is 0 Å². The van der Waals surface area contributed by atoms with E-state index in [-0.39, 0.29) is 18.0 Å². The molecule has 4 rings (SSSR count). The van der Waals surface area contributed by atoms with Gasteiger partial charge in [0.05, 0.1) is 35.4 Å². The first-order valence-corrected chi connectivity index (χ1v) is 10.3. The van der Waals surface area contributed by atoms with Crippen molar-refractivity contribution in [3.63, 3.8) is 0 Å². The molecule has 0 aliphatic rings. The Hall–Kier alpha value is -4.40. The first-order chi connectivity index (χ1) is 15.9. The maximum absolute atomic E-state index is 12.5. The Morgan fingerprint density at radius 1 is 1.06 bits per heavy atom. The number of rotatable bonds is 8. The van der Waals surface area contributed by atoms with Gasteiger partial charge in [0.15, 0.2) is 0 Å². The highest BCUT2D eigenvalue weighted by Crippen LogP contribution is 2.24. The first kappa shape index (κ1) is 21.8. The van der Waals surface area contributed by atoms with Crippen LogP contribution in [-0.2, 0) is 17.9 Å². The van der Waals surface area contributed by atoms with Crippen molar-refractivity contribution in [1.82, 2.24) is 19.6 Å². The van der Waals surface area contributed by atoms with E-state index in [1.807, 2.05) is 73.1 Å². The van der Waals surface area contributed by atoms with Crippen LogP contribution in [0.3, 0.4) is 0 Å². The predicted molar refractivity (Wildman–Crippen MR) is 122 cm³/mol. The van der Waals surface area contributed by atoms with Crippen molar-refractivity contribution < 1.29 is 19.4 Å². The van der Waals surface area contributed by atoms with Crippen LogP contribution in [0.25, 0.3) is 0 Å². The van der Waals surface area contributed by atoms with Gasteiger partial charge < -0.3 is 15.2 Å². The van der Waals surface area contributed by atoms with Crippen LogP contribution < -0.4 is 10.1 Å². The van der Waals surface area contributed by atoms with Crippen molar-refractivity contribution in [3.05, 3.63) is 89.5 Å². The number of nitrogens with zero attached hydrogens (tertiary/aromatic N) is 4. The number of amides is 1. The van der Waals surface area contributed by atoms with Gasteiger partial charge in [-0.3, -0.25) is 14.2 Å². The molecular weight excluding hydrogens is 422 g/mol. The molecule has 0 aliphatic carbocycles. The molecule has 0 bridgehead atoms. The van der Waals surface area contributed by atoms with Gasteiger partial charge in [0, 0.05) is 6.20 Å². The number of carbonyl (C=O) groups excluding carboxylic acids is 1. The summed E-state index contributed by atoms with van der Waals surface area (Å²) in [7, 11) is 0. The summed E-state index contributed by atoms with van der Waals surface area (Å²) in [6.07, 6.45) is 2.52. The number of carboxylic acid groups (broad SMARTS) is 1. The smallest absolute Gasteiger partial charge is 0.338 e. The largest absolute Gasteiger partial charge is 0.478 e. The fraction of sp³-hybridized carbons (Fsp3) is 0.167. The van der Waals surface area contributed by atoms with E-state index in [1.54, 1.807) is 0 Å². The molecule has 1 amide bonds. The Balaban J connectivity index is 1.44.